The Balaban J connectivity index is 2.28. The predicted molar refractivity (Wildman–Crippen MR) is 107 cm³/mol. The van der Waals surface area contributed by atoms with Crippen molar-refractivity contribution in [1.29, 1.82) is 0 Å². The van der Waals surface area contributed by atoms with Crippen molar-refractivity contribution in [2.45, 2.75) is 39.2 Å². The van der Waals surface area contributed by atoms with Crippen molar-refractivity contribution in [2.24, 2.45) is 0 Å². The Kier molecular flexibility index (Phi) is 6.66. The molecule has 0 spiro atoms. The maximum absolute atomic E-state index is 13.2. The van der Waals surface area contributed by atoms with Crippen molar-refractivity contribution in [3.8, 4) is 11.5 Å². The van der Waals surface area contributed by atoms with Crippen molar-refractivity contribution in [1.82, 2.24) is 5.09 Å². The Morgan fingerprint density at radius 2 is 1.52 bits per heavy atom. The van der Waals surface area contributed by atoms with E-state index in [0.717, 1.165) is 5.56 Å². The third-order valence-corrected chi connectivity index (χ3v) is 5.55. The molecule has 0 saturated heterocycles. The zero-order valence-corrected chi connectivity index (χ0v) is 17.4. The molecule has 0 fully saturated rings. The van der Waals surface area contributed by atoms with Crippen LogP contribution in [-0.4, -0.2) is 22.0 Å². The number of nitro benzene ring substituents is 1. The largest absolute Gasteiger partial charge is 0.513 e. The van der Waals surface area contributed by atoms with Crippen LogP contribution in [0.1, 0.15) is 33.3 Å². The van der Waals surface area contributed by atoms with Crippen molar-refractivity contribution >= 4 is 19.4 Å². The number of aliphatic carboxylic acids is 1. The van der Waals surface area contributed by atoms with Gasteiger partial charge in [-0.15, -0.1) is 0 Å². The maximum Gasteiger partial charge on any atom is 0.513 e. The van der Waals surface area contributed by atoms with Gasteiger partial charge >= 0.3 is 13.7 Å². The third-order valence-electron chi connectivity index (χ3n) is 3.94. The van der Waals surface area contributed by atoms with Gasteiger partial charge in [-0.1, -0.05) is 32.9 Å². The number of nitrogens with zero attached hydrogens (tertiary/aromatic N) is 1. The highest BCUT2D eigenvalue weighted by Gasteiger charge is 2.33. The Morgan fingerprint density at radius 3 is 1.90 bits per heavy atom. The summed E-state index contributed by atoms with van der Waals surface area (Å²) < 4.78 is 24.1. The quantitative estimate of drug-likeness (QED) is 0.361. The molecule has 2 rings (SSSR count). The summed E-state index contributed by atoms with van der Waals surface area (Å²) in [5, 5.41) is 22.2. The number of nitrogens with one attached hydrogen (secondary N) is 1. The first-order valence-electron chi connectivity index (χ1n) is 8.74. The van der Waals surface area contributed by atoms with Crippen molar-refractivity contribution in [3.63, 3.8) is 0 Å². The first-order chi connectivity index (χ1) is 13.4. The van der Waals surface area contributed by atoms with Gasteiger partial charge in [-0.25, -0.2) is 4.57 Å². The zero-order chi connectivity index (χ0) is 21.8. The van der Waals surface area contributed by atoms with Crippen molar-refractivity contribution in [2.75, 3.05) is 0 Å². The summed E-state index contributed by atoms with van der Waals surface area (Å²) in [5.41, 5.74) is 0.772. The van der Waals surface area contributed by atoms with E-state index in [1.807, 2.05) is 32.9 Å². The van der Waals surface area contributed by atoms with Crippen LogP contribution in [0, 0.1) is 10.1 Å². The molecule has 0 heterocycles. The van der Waals surface area contributed by atoms with Crippen molar-refractivity contribution < 1.29 is 28.4 Å². The zero-order valence-electron chi connectivity index (χ0n) is 16.5. The second-order valence-corrected chi connectivity index (χ2v) is 9.01. The summed E-state index contributed by atoms with van der Waals surface area (Å²) in [6, 6.07) is 10.5. The average molecular weight is 422 g/mol. The van der Waals surface area contributed by atoms with E-state index < -0.39 is 24.7 Å². The smallest absolute Gasteiger partial charge is 0.480 e. The molecule has 2 aromatic carbocycles. The first-order valence-corrected chi connectivity index (χ1v) is 10.3. The Morgan fingerprint density at radius 1 is 1.07 bits per heavy atom. The summed E-state index contributed by atoms with van der Waals surface area (Å²) >= 11 is 0. The molecule has 1 unspecified atom stereocenters. The fraction of sp³-hybridized carbons (Fsp3) is 0.316. The molecule has 2 aromatic rings. The van der Waals surface area contributed by atoms with Gasteiger partial charge in [0.15, 0.2) is 0 Å². The lowest BCUT2D eigenvalue weighted by Crippen LogP contribution is -2.34. The summed E-state index contributed by atoms with van der Waals surface area (Å²) in [4.78, 5) is 21.4. The van der Waals surface area contributed by atoms with E-state index in [2.05, 4.69) is 5.09 Å². The van der Waals surface area contributed by atoms with Crippen LogP contribution in [0.5, 0.6) is 11.5 Å². The minimum absolute atomic E-state index is 0.0235. The van der Waals surface area contributed by atoms with Gasteiger partial charge in [0.1, 0.15) is 17.5 Å². The summed E-state index contributed by atoms with van der Waals surface area (Å²) in [7, 11) is -4.17. The molecule has 9 nitrogen and oxygen atoms in total. The van der Waals surface area contributed by atoms with Crippen LogP contribution in [0.2, 0.25) is 0 Å². The molecular weight excluding hydrogens is 399 g/mol. The standard InChI is InChI=1S/C19H23N2O7P/c1-13(18(22)23)20-29(26,28-17-11-7-15(8-12-17)21(24)25)27-16-9-5-14(6-10-16)19(2,3)4/h5-13H,1-4H3,(H,20,26)(H,22,23)/t13-,29?/m0/s1. The number of nitro groups is 1. The molecule has 0 aliphatic carbocycles. The fourth-order valence-corrected chi connectivity index (χ4v) is 3.81. The molecular formula is C19H23N2O7P. The number of carboxylic acid groups (broad SMARTS) is 1. The first kappa shape index (κ1) is 22.4. The molecule has 0 amide bonds. The second kappa shape index (κ2) is 8.63. The van der Waals surface area contributed by atoms with Gasteiger partial charge in [-0.3, -0.25) is 14.9 Å². The lowest BCUT2D eigenvalue weighted by Gasteiger charge is -2.23. The van der Waals surface area contributed by atoms with E-state index in [1.54, 1.807) is 12.1 Å². The lowest BCUT2D eigenvalue weighted by atomic mass is 9.87. The van der Waals surface area contributed by atoms with Gasteiger partial charge in [-0.2, -0.15) is 5.09 Å². The highest BCUT2D eigenvalue weighted by atomic mass is 31.2. The van der Waals surface area contributed by atoms with Gasteiger partial charge < -0.3 is 14.2 Å². The van der Waals surface area contributed by atoms with Crippen LogP contribution in [-0.2, 0) is 14.8 Å². The fourth-order valence-electron chi connectivity index (χ4n) is 2.29. The summed E-state index contributed by atoms with van der Waals surface area (Å²) in [6.07, 6.45) is 0. The van der Waals surface area contributed by atoms with Gasteiger partial charge in [0, 0.05) is 12.1 Å². The SMILES string of the molecule is C[C@H](NP(=O)(Oc1ccc([N+](=O)[O-])cc1)Oc1ccc(C(C)(C)C)cc1)C(=O)O. The number of carbonyl (C=O) groups is 1. The lowest BCUT2D eigenvalue weighted by molar-refractivity contribution is -0.384. The molecule has 29 heavy (non-hydrogen) atoms. The molecule has 0 aliphatic rings. The molecule has 2 N–H and O–H groups in total. The predicted octanol–water partition coefficient (Wildman–Crippen LogP) is 4.52. The van der Waals surface area contributed by atoms with E-state index in [0.29, 0.717) is 0 Å². The van der Waals surface area contributed by atoms with Crippen LogP contribution in [0.4, 0.5) is 5.69 Å². The minimum Gasteiger partial charge on any atom is -0.480 e. The number of hydrogen-bond acceptors (Lipinski definition) is 6. The minimum atomic E-state index is -4.17. The topological polar surface area (TPSA) is 128 Å². The summed E-state index contributed by atoms with van der Waals surface area (Å²) in [5.74, 6) is -1.01. The Bertz CT molecular complexity index is 921. The molecule has 0 aliphatic heterocycles. The number of rotatable bonds is 8. The van der Waals surface area contributed by atoms with Crippen LogP contribution in [0.15, 0.2) is 48.5 Å². The molecule has 0 saturated carbocycles. The molecule has 10 heteroatoms. The average Bonchev–Trinajstić information content (AvgIpc) is 2.61. The van der Waals surface area contributed by atoms with Gasteiger partial charge in [0.25, 0.3) is 5.69 Å². The number of non-ortho nitro benzene ring substituents is 1. The van der Waals surface area contributed by atoms with Gasteiger partial charge in [0.2, 0.25) is 0 Å². The monoisotopic (exact) mass is 422 g/mol. The maximum atomic E-state index is 13.2. The highest BCUT2D eigenvalue weighted by Crippen LogP contribution is 2.45. The molecule has 2 atom stereocenters. The molecule has 0 bridgehead atoms. The number of benzene rings is 2. The second-order valence-electron chi connectivity index (χ2n) is 7.39. The van der Waals surface area contributed by atoms with Crippen molar-refractivity contribution in [3.05, 3.63) is 64.2 Å². The normalized spacial score (nSPS) is 14.5. The van der Waals surface area contributed by atoms with E-state index in [-0.39, 0.29) is 22.6 Å². The Labute approximate surface area is 168 Å². The molecule has 0 aromatic heterocycles. The van der Waals surface area contributed by atoms with Crippen LogP contribution in [0.3, 0.4) is 0 Å². The molecule has 156 valence electrons. The van der Waals surface area contributed by atoms with E-state index in [1.165, 1.54) is 31.2 Å². The summed E-state index contributed by atoms with van der Waals surface area (Å²) in [6.45, 7) is 7.42. The van der Waals surface area contributed by atoms with E-state index in [9.17, 15) is 19.5 Å². The van der Waals surface area contributed by atoms with E-state index in [4.69, 9.17) is 14.2 Å². The van der Waals surface area contributed by atoms with Gasteiger partial charge in [-0.05, 0) is 42.2 Å². The van der Waals surface area contributed by atoms with Crippen LogP contribution >= 0.6 is 7.75 Å². The van der Waals surface area contributed by atoms with Crippen LogP contribution in [0.25, 0.3) is 0 Å². The number of hydrogen-bond donors (Lipinski definition) is 2. The number of carboxylic acids is 1. The van der Waals surface area contributed by atoms with Gasteiger partial charge in [0.05, 0.1) is 4.92 Å². The highest BCUT2D eigenvalue weighted by molar-refractivity contribution is 7.52. The molecule has 0 radical (unpaired) electrons. The van der Waals surface area contributed by atoms with Crippen LogP contribution < -0.4 is 14.1 Å². The third kappa shape index (κ3) is 6.30. The van der Waals surface area contributed by atoms with E-state index >= 15 is 0 Å². The Hall–Kier alpha value is -2.90.